The summed E-state index contributed by atoms with van der Waals surface area (Å²) in [6.07, 6.45) is 3.66. The van der Waals surface area contributed by atoms with E-state index >= 15 is 0 Å². The van der Waals surface area contributed by atoms with E-state index in [2.05, 4.69) is 4.98 Å². The average molecular weight is 282 g/mol. The van der Waals surface area contributed by atoms with Gasteiger partial charge in [0.15, 0.2) is 0 Å². The Morgan fingerprint density at radius 1 is 1.47 bits per heavy atom. The van der Waals surface area contributed by atoms with Crippen LogP contribution < -0.4 is 0 Å². The van der Waals surface area contributed by atoms with Gasteiger partial charge in [-0.15, -0.1) is 0 Å². The Bertz CT molecular complexity index is 595. The van der Waals surface area contributed by atoms with Gasteiger partial charge in [0, 0.05) is 25.0 Å². The highest BCUT2D eigenvalue weighted by Gasteiger charge is 2.15. The minimum Gasteiger partial charge on any atom is -0.480 e. The van der Waals surface area contributed by atoms with E-state index in [0.717, 1.165) is 11.3 Å². The first-order chi connectivity index (χ1) is 8.95. The van der Waals surface area contributed by atoms with Gasteiger partial charge in [-0.3, -0.25) is 9.69 Å². The van der Waals surface area contributed by atoms with Crippen molar-refractivity contribution in [3.8, 4) is 0 Å². The van der Waals surface area contributed by atoms with Crippen LogP contribution in [0.5, 0.6) is 0 Å². The third-order valence-electron chi connectivity index (χ3n) is 2.90. The highest BCUT2D eigenvalue weighted by Crippen LogP contribution is 2.13. The van der Waals surface area contributed by atoms with Gasteiger partial charge in [0.1, 0.15) is 5.65 Å². The molecule has 2 aromatic rings. The molecule has 0 atom stereocenters. The minimum atomic E-state index is -0.833. The first-order valence-corrected chi connectivity index (χ1v) is 6.42. The summed E-state index contributed by atoms with van der Waals surface area (Å²) in [5.74, 6) is -0.833. The van der Waals surface area contributed by atoms with E-state index in [1.54, 1.807) is 12.3 Å². The fourth-order valence-electron chi connectivity index (χ4n) is 1.90. The van der Waals surface area contributed by atoms with Crippen molar-refractivity contribution in [3.05, 3.63) is 35.2 Å². The fraction of sp³-hybridized carbons (Fsp3) is 0.385. The van der Waals surface area contributed by atoms with Crippen molar-refractivity contribution < 1.29 is 9.90 Å². The Labute approximate surface area is 116 Å². The number of aromatic nitrogens is 2. The Balaban J connectivity index is 2.21. The maximum absolute atomic E-state index is 10.8. The minimum absolute atomic E-state index is 0.00624. The van der Waals surface area contributed by atoms with Crippen LogP contribution in [0.2, 0.25) is 5.02 Å². The Morgan fingerprint density at radius 3 is 2.84 bits per heavy atom. The van der Waals surface area contributed by atoms with Crippen LogP contribution in [0, 0.1) is 0 Å². The van der Waals surface area contributed by atoms with Crippen LogP contribution >= 0.6 is 11.6 Å². The van der Waals surface area contributed by atoms with E-state index in [-0.39, 0.29) is 12.6 Å². The largest absolute Gasteiger partial charge is 0.480 e. The summed E-state index contributed by atoms with van der Waals surface area (Å²) in [4.78, 5) is 17.1. The number of halogens is 1. The predicted molar refractivity (Wildman–Crippen MR) is 73.4 cm³/mol. The molecule has 2 heterocycles. The first kappa shape index (κ1) is 13.8. The monoisotopic (exact) mass is 281 g/mol. The number of pyridine rings is 1. The second-order valence-corrected chi connectivity index (χ2v) is 5.17. The van der Waals surface area contributed by atoms with Crippen molar-refractivity contribution in [1.82, 2.24) is 14.3 Å². The molecule has 6 heteroatoms. The lowest BCUT2D eigenvalue weighted by molar-refractivity contribution is -0.138. The molecule has 0 aromatic carbocycles. The van der Waals surface area contributed by atoms with E-state index in [4.69, 9.17) is 16.7 Å². The third kappa shape index (κ3) is 3.45. The number of fused-ring (bicyclic) bond motifs is 1. The molecule has 0 saturated heterocycles. The zero-order chi connectivity index (χ0) is 14.0. The van der Waals surface area contributed by atoms with Crippen LogP contribution in [0.15, 0.2) is 24.5 Å². The zero-order valence-electron chi connectivity index (χ0n) is 10.9. The highest BCUT2D eigenvalue weighted by molar-refractivity contribution is 6.30. The van der Waals surface area contributed by atoms with Crippen LogP contribution in [0.1, 0.15) is 19.5 Å². The van der Waals surface area contributed by atoms with Crippen LogP contribution in [0.3, 0.4) is 0 Å². The molecule has 0 aliphatic heterocycles. The molecule has 0 aliphatic carbocycles. The smallest absolute Gasteiger partial charge is 0.317 e. The van der Waals surface area contributed by atoms with E-state index in [0.29, 0.717) is 11.6 Å². The fourth-order valence-corrected chi connectivity index (χ4v) is 2.06. The number of hydrogen-bond donors (Lipinski definition) is 1. The second kappa shape index (κ2) is 5.59. The maximum Gasteiger partial charge on any atom is 0.317 e. The summed E-state index contributed by atoms with van der Waals surface area (Å²) in [5.41, 5.74) is 1.63. The van der Waals surface area contributed by atoms with E-state index in [1.165, 1.54) is 0 Å². The van der Waals surface area contributed by atoms with Gasteiger partial charge in [-0.2, -0.15) is 0 Å². The van der Waals surface area contributed by atoms with Gasteiger partial charge < -0.3 is 9.51 Å². The number of nitrogens with zero attached hydrogens (tertiary/aromatic N) is 3. The molecule has 5 nitrogen and oxygen atoms in total. The van der Waals surface area contributed by atoms with Gasteiger partial charge in [0.2, 0.25) is 0 Å². The molecule has 2 rings (SSSR count). The molecule has 0 radical (unpaired) electrons. The number of aliphatic carboxylic acids is 1. The molecular formula is C13H16ClN3O2. The lowest BCUT2D eigenvalue weighted by Gasteiger charge is -2.23. The first-order valence-electron chi connectivity index (χ1n) is 6.04. The maximum atomic E-state index is 10.8. The van der Waals surface area contributed by atoms with Crippen LogP contribution in [-0.2, 0) is 11.3 Å². The molecule has 0 fully saturated rings. The molecule has 19 heavy (non-hydrogen) atoms. The Kier molecular flexibility index (Phi) is 4.07. The summed E-state index contributed by atoms with van der Waals surface area (Å²) in [7, 11) is 0. The van der Waals surface area contributed by atoms with E-state index < -0.39 is 5.97 Å². The van der Waals surface area contributed by atoms with Crippen molar-refractivity contribution in [2.45, 2.75) is 26.4 Å². The molecule has 0 spiro atoms. The normalized spacial score (nSPS) is 11.6. The molecule has 0 amide bonds. The molecule has 1 N–H and O–H groups in total. The van der Waals surface area contributed by atoms with Gasteiger partial charge >= 0.3 is 5.97 Å². The second-order valence-electron chi connectivity index (χ2n) is 4.74. The lowest BCUT2D eigenvalue weighted by atomic mass is 10.3. The molecular weight excluding hydrogens is 266 g/mol. The SMILES string of the molecule is CC(C)N(CC(=O)O)Cc1cn2cc(Cl)ccc2n1. The van der Waals surface area contributed by atoms with Crippen LogP contribution in [-0.4, -0.2) is 37.9 Å². The Hall–Kier alpha value is -1.59. The van der Waals surface area contributed by atoms with E-state index in [9.17, 15) is 4.79 Å². The van der Waals surface area contributed by atoms with Crippen molar-refractivity contribution in [1.29, 1.82) is 0 Å². The molecule has 0 aliphatic rings. The van der Waals surface area contributed by atoms with Gasteiger partial charge in [-0.05, 0) is 26.0 Å². The zero-order valence-corrected chi connectivity index (χ0v) is 11.6. The molecule has 102 valence electrons. The highest BCUT2D eigenvalue weighted by atomic mass is 35.5. The molecule has 2 aromatic heterocycles. The van der Waals surface area contributed by atoms with Crippen LogP contribution in [0.4, 0.5) is 0 Å². The quantitative estimate of drug-likeness (QED) is 0.913. The standard InChI is InChI=1S/C13H16ClN3O2/c1-9(2)16(8-13(18)19)6-11-7-17-5-10(14)3-4-12(17)15-11/h3-5,7,9H,6,8H2,1-2H3,(H,18,19). The third-order valence-corrected chi connectivity index (χ3v) is 3.12. The summed E-state index contributed by atoms with van der Waals surface area (Å²) in [6.45, 7) is 4.45. The number of rotatable bonds is 5. The van der Waals surface area contributed by atoms with Gasteiger partial charge in [-0.1, -0.05) is 11.6 Å². The number of carboxylic acid groups (broad SMARTS) is 1. The van der Waals surface area contributed by atoms with E-state index in [1.807, 2.05) is 35.4 Å². The van der Waals surface area contributed by atoms with Crippen LogP contribution in [0.25, 0.3) is 5.65 Å². The summed E-state index contributed by atoms with van der Waals surface area (Å²) in [6, 6.07) is 3.76. The summed E-state index contributed by atoms with van der Waals surface area (Å²) < 4.78 is 1.84. The summed E-state index contributed by atoms with van der Waals surface area (Å²) in [5, 5.41) is 9.54. The number of carbonyl (C=O) groups is 1. The van der Waals surface area contributed by atoms with Crippen molar-refractivity contribution >= 4 is 23.2 Å². The van der Waals surface area contributed by atoms with Crippen molar-refractivity contribution in [2.24, 2.45) is 0 Å². The Morgan fingerprint density at radius 2 is 2.21 bits per heavy atom. The molecule has 0 bridgehead atoms. The predicted octanol–water partition coefficient (Wildman–Crippen LogP) is 2.28. The average Bonchev–Trinajstić information content (AvgIpc) is 2.68. The van der Waals surface area contributed by atoms with Gasteiger partial charge in [-0.25, -0.2) is 4.98 Å². The van der Waals surface area contributed by atoms with Crippen molar-refractivity contribution in [3.63, 3.8) is 0 Å². The van der Waals surface area contributed by atoms with Gasteiger partial charge in [0.25, 0.3) is 0 Å². The lowest BCUT2D eigenvalue weighted by Crippen LogP contribution is -2.35. The number of imidazole rings is 1. The number of hydrogen-bond acceptors (Lipinski definition) is 3. The topological polar surface area (TPSA) is 57.8 Å². The van der Waals surface area contributed by atoms with Gasteiger partial charge in [0.05, 0.1) is 17.3 Å². The summed E-state index contributed by atoms with van der Waals surface area (Å²) >= 11 is 5.92. The van der Waals surface area contributed by atoms with Crippen molar-refractivity contribution in [2.75, 3.05) is 6.54 Å². The molecule has 0 saturated carbocycles. The number of carboxylic acids is 1. The molecule has 0 unspecified atom stereocenters.